The topological polar surface area (TPSA) is 55.8 Å². The maximum atomic E-state index is 12.9. The van der Waals surface area contributed by atoms with Crippen LogP contribution in [0.4, 0.5) is 13.2 Å². The van der Waals surface area contributed by atoms with Crippen LogP contribution in [0.3, 0.4) is 0 Å². The van der Waals surface area contributed by atoms with Crippen molar-refractivity contribution >= 4 is 5.97 Å². The molecule has 0 fully saturated rings. The standard InChI is InChI=1S/C13H15F3O4/c1-3-20-11(12(18)19-2)6-8-4-5-9(17)7-10(8)13(14,15)16/h4-5,7,11,17H,3,6H2,1-2H3. The summed E-state index contributed by atoms with van der Waals surface area (Å²) in [5.41, 5.74) is -1.13. The molecule has 1 N–H and O–H groups in total. The summed E-state index contributed by atoms with van der Waals surface area (Å²) in [6.07, 6.45) is -6.02. The number of phenolic OH excluding ortho intramolecular Hbond substituents is 1. The highest BCUT2D eigenvalue weighted by Crippen LogP contribution is 2.34. The Kier molecular flexibility index (Phi) is 5.38. The van der Waals surface area contributed by atoms with Crippen molar-refractivity contribution in [2.24, 2.45) is 0 Å². The summed E-state index contributed by atoms with van der Waals surface area (Å²) in [4.78, 5) is 11.5. The van der Waals surface area contributed by atoms with Crippen LogP contribution in [-0.4, -0.2) is 30.9 Å². The van der Waals surface area contributed by atoms with Crippen molar-refractivity contribution in [2.45, 2.75) is 25.6 Å². The molecule has 112 valence electrons. The zero-order valence-electron chi connectivity index (χ0n) is 11.0. The highest BCUT2D eigenvalue weighted by Gasteiger charge is 2.35. The molecule has 20 heavy (non-hydrogen) atoms. The van der Waals surface area contributed by atoms with Crippen molar-refractivity contribution in [3.05, 3.63) is 29.3 Å². The zero-order valence-corrected chi connectivity index (χ0v) is 11.0. The number of carbonyl (C=O) groups is 1. The summed E-state index contributed by atoms with van der Waals surface area (Å²) in [5, 5.41) is 9.17. The summed E-state index contributed by atoms with van der Waals surface area (Å²) in [6.45, 7) is 1.79. The smallest absolute Gasteiger partial charge is 0.416 e. The van der Waals surface area contributed by atoms with Crippen LogP contribution in [0.2, 0.25) is 0 Å². The highest BCUT2D eigenvalue weighted by atomic mass is 19.4. The van der Waals surface area contributed by atoms with Crippen LogP contribution >= 0.6 is 0 Å². The molecule has 7 heteroatoms. The van der Waals surface area contributed by atoms with Gasteiger partial charge in [0.25, 0.3) is 0 Å². The fraction of sp³-hybridized carbons (Fsp3) is 0.462. The van der Waals surface area contributed by atoms with E-state index in [2.05, 4.69) is 4.74 Å². The van der Waals surface area contributed by atoms with Crippen LogP contribution in [0.5, 0.6) is 5.75 Å². The van der Waals surface area contributed by atoms with Crippen molar-refractivity contribution in [1.29, 1.82) is 0 Å². The second-order valence-electron chi connectivity index (χ2n) is 4.01. The zero-order chi connectivity index (χ0) is 15.3. The third-order valence-electron chi connectivity index (χ3n) is 2.64. The quantitative estimate of drug-likeness (QED) is 0.847. The van der Waals surface area contributed by atoms with Gasteiger partial charge < -0.3 is 14.6 Å². The Hall–Kier alpha value is -1.76. The monoisotopic (exact) mass is 292 g/mol. The number of methoxy groups -OCH3 is 1. The number of rotatable bonds is 5. The number of alkyl halides is 3. The van der Waals surface area contributed by atoms with Crippen LogP contribution in [-0.2, 0) is 26.9 Å². The fourth-order valence-electron chi connectivity index (χ4n) is 1.75. The highest BCUT2D eigenvalue weighted by molar-refractivity contribution is 5.75. The Bertz CT molecular complexity index is 471. The number of ether oxygens (including phenoxy) is 2. The van der Waals surface area contributed by atoms with Crippen LogP contribution < -0.4 is 0 Å². The maximum Gasteiger partial charge on any atom is 0.416 e. The minimum absolute atomic E-state index is 0.140. The molecular formula is C13H15F3O4. The number of hydrogen-bond donors (Lipinski definition) is 1. The van der Waals surface area contributed by atoms with E-state index in [9.17, 15) is 23.1 Å². The lowest BCUT2D eigenvalue weighted by Gasteiger charge is -2.18. The van der Waals surface area contributed by atoms with Crippen LogP contribution in [0.25, 0.3) is 0 Å². The van der Waals surface area contributed by atoms with E-state index in [0.29, 0.717) is 6.07 Å². The molecule has 0 aliphatic carbocycles. The number of esters is 1. The van der Waals surface area contributed by atoms with Gasteiger partial charge in [-0.2, -0.15) is 13.2 Å². The minimum atomic E-state index is -4.62. The summed E-state index contributed by atoms with van der Waals surface area (Å²) in [7, 11) is 1.13. The predicted octanol–water partition coefficient (Wildman–Crippen LogP) is 2.53. The first kappa shape index (κ1) is 16.3. The van der Waals surface area contributed by atoms with E-state index in [4.69, 9.17) is 4.74 Å². The Morgan fingerprint density at radius 2 is 2.05 bits per heavy atom. The molecule has 0 amide bonds. The van der Waals surface area contributed by atoms with E-state index in [1.165, 1.54) is 0 Å². The number of carbonyl (C=O) groups excluding carboxylic acids is 1. The van der Waals surface area contributed by atoms with E-state index < -0.39 is 29.6 Å². The van der Waals surface area contributed by atoms with Gasteiger partial charge in [0.15, 0.2) is 6.10 Å². The van der Waals surface area contributed by atoms with Crippen LogP contribution in [0, 0.1) is 0 Å². The van der Waals surface area contributed by atoms with Crippen molar-refractivity contribution in [3.8, 4) is 5.75 Å². The molecule has 0 aliphatic rings. The summed E-state index contributed by atoms with van der Waals surface area (Å²) in [5.74, 6) is -1.24. The van der Waals surface area contributed by atoms with Gasteiger partial charge in [0.05, 0.1) is 12.7 Å². The van der Waals surface area contributed by atoms with Gasteiger partial charge in [-0.15, -0.1) is 0 Å². The molecule has 1 atom stereocenters. The normalized spacial score (nSPS) is 13.1. The molecule has 1 unspecified atom stereocenters. The molecule has 0 bridgehead atoms. The van der Waals surface area contributed by atoms with E-state index in [1.807, 2.05) is 0 Å². The molecule has 0 aromatic heterocycles. The molecule has 1 rings (SSSR count). The molecule has 0 spiro atoms. The third kappa shape index (κ3) is 4.12. The van der Waals surface area contributed by atoms with Crippen LogP contribution in [0.1, 0.15) is 18.1 Å². The number of phenols is 1. The molecule has 0 saturated carbocycles. The van der Waals surface area contributed by atoms with Gasteiger partial charge in [-0.1, -0.05) is 6.07 Å². The van der Waals surface area contributed by atoms with Gasteiger partial charge in [0.1, 0.15) is 5.75 Å². The Labute approximate surface area is 114 Å². The van der Waals surface area contributed by atoms with Gasteiger partial charge in [0, 0.05) is 13.0 Å². The molecule has 1 aromatic carbocycles. The number of aromatic hydroxyl groups is 1. The van der Waals surface area contributed by atoms with Crippen molar-refractivity contribution in [3.63, 3.8) is 0 Å². The second kappa shape index (κ2) is 6.60. The van der Waals surface area contributed by atoms with Crippen molar-refractivity contribution in [1.82, 2.24) is 0 Å². The first-order valence-corrected chi connectivity index (χ1v) is 5.88. The van der Waals surface area contributed by atoms with E-state index in [-0.39, 0.29) is 18.6 Å². The number of hydrogen-bond acceptors (Lipinski definition) is 4. The number of benzene rings is 1. The lowest BCUT2D eigenvalue weighted by Crippen LogP contribution is -2.29. The average molecular weight is 292 g/mol. The largest absolute Gasteiger partial charge is 0.508 e. The third-order valence-corrected chi connectivity index (χ3v) is 2.64. The van der Waals surface area contributed by atoms with Gasteiger partial charge >= 0.3 is 12.1 Å². The Balaban J connectivity index is 3.09. The summed E-state index contributed by atoms with van der Waals surface area (Å²) >= 11 is 0. The summed E-state index contributed by atoms with van der Waals surface area (Å²) < 4.78 is 48.2. The van der Waals surface area contributed by atoms with Crippen LogP contribution in [0.15, 0.2) is 18.2 Å². The van der Waals surface area contributed by atoms with E-state index >= 15 is 0 Å². The Morgan fingerprint density at radius 1 is 1.40 bits per heavy atom. The molecule has 0 heterocycles. The van der Waals surface area contributed by atoms with Gasteiger partial charge in [-0.05, 0) is 24.6 Å². The first-order valence-electron chi connectivity index (χ1n) is 5.88. The molecule has 0 aliphatic heterocycles. The number of halogens is 3. The molecule has 1 aromatic rings. The van der Waals surface area contributed by atoms with Crippen molar-refractivity contribution < 1.29 is 32.5 Å². The predicted molar refractivity (Wildman–Crippen MR) is 64.2 cm³/mol. The van der Waals surface area contributed by atoms with Gasteiger partial charge in [-0.25, -0.2) is 4.79 Å². The average Bonchev–Trinajstić information content (AvgIpc) is 2.38. The van der Waals surface area contributed by atoms with Gasteiger partial charge in [0.2, 0.25) is 0 Å². The first-order chi connectivity index (χ1) is 9.29. The minimum Gasteiger partial charge on any atom is -0.508 e. The molecule has 0 saturated heterocycles. The second-order valence-corrected chi connectivity index (χ2v) is 4.01. The van der Waals surface area contributed by atoms with E-state index in [0.717, 1.165) is 19.2 Å². The lowest BCUT2D eigenvalue weighted by atomic mass is 10.0. The fourth-order valence-corrected chi connectivity index (χ4v) is 1.75. The maximum absolute atomic E-state index is 12.9. The van der Waals surface area contributed by atoms with E-state index in [1.54, 1.807) is 6.92 Å². The molecular weight excluding hydrogens is 277 g/mol. The molecule has 4 nitrogen and oxygen atoms in total. The summed E-state index contributed by atoms with van der Waals surface area (Å²) in [6, 6.07) is 2.87. The Morgan fingerprint density at radius 3 is 2.55 bits per heavy atom. The SMILES string of the molecule is CCOC(Cc1ccc(O)cc1C(F)(F)F)C(=O)OC. The molecule has 0 radical (unpaired) electrons. The van der Waals surface area contributed by atoms with Crippen molar-refractivity contribution in [2.75, 3.05) is 13.7 Å². The lowest BCUT2D eigenvalue weighted by molar-refractivity contribution is -0.154. The van der Waals surface area contributed by atoms with Gasteiger partial charge in [-0.3, -0.25) is 0 Å².